The van der Waals surface area contributed by atoms with Gasteiger partial charge in [-0.25, -0.2) is 0 Å². The van der Waals surface area contributed by atoms with Crippen LogP contribution in [-0.4, -0.2) is 113 Å². The second kappa shape index (κ2) is 23.4. The van der Waals surface area contributed by atoms with Crippen molar-refractivity contribution < 1.29 is 46.5 Å². The summed E-state index contributed by atoms with van der Waals surface area (Å²) in [5, 5.41) is 2.46. The minimum Gasteiger partial charge on any atom is -0.501 e. The summed E-state index contributed by atoms with van der Waals surface area (Å²) in [6.45, 7) is 25.6. The molecule has 13 heteroatoms. The number of rotatable bonds is 23. The lowest BCUT2D eigenvalue weighted by Crippen LogP contribution is -2.66. The molecule has 0 N–H and O–H groups in total. The van der Waals surface area contributed by atoms with E-state index in [0.717, 1.165) is 73.3 Å². The lowest BCUT2D eigenvalue weighted by atomic mass is 9.88. The number of benzene rings is 2. The Balaban J connectivity index is 1.20. The van der Waals surface area contributed by atoms with Crippen LogP contribution in [0.15, 0.2) is 84.7 Å². The highest BCUT2D eigenvalue weighted by molar-refractivity contribution is 6.99. The average Bonchev–Trinajstić information content (AvgIpc) is 3.87. The lowest BCUT2D eigenvalue weighted by Gasteiger charge is -2.50. The number of ether oxygens (including phenoxy) is 6. The van der Waals surface area contributed by atoms with Crippen LogP contribution in [0.5, 0.6) is 0 Å². The molecule has 0 radical (unpaired) electrons. The maximum atomic E-state index is 12.4. The van der Waals surface area contributed by atoms with Gasteiger partial charge in [-0.2, -0.15) is 0 Å². The topological polar surface area (TPSA) is 100 Å². The average molecular weight is 966 g/mol. The van der Waals surface area contributed by atoms with Gasteiger partial charge in [0.05, 0.1) is 50.8 Å². The summed E-state index contributed by atoms with van der Waals surface area (Å²) < 4.78 is 61.3. The van der Waals surface area contributed by atoms with E-state index in [1.54, 1.807) is 7.11 Å². The molecule has 368 valence electrons. The molecule has 2 aromatic carbocycles. The molecule has 4 aliphatic heterocycles. The fourth-order valence-corrected chi connectivity index (χ4v) is 21.6. The van der Waals surface area contributed by atoms with Crippen LogP contribution in [-0.2, 0) is 46.5 Å². The van der Waals surface area contributed by atoms with Crippen molar-refractivity contribution in [1.29, 1.82) is 0 Å². The predicted molar refractivity (Wildman–Crippen MR) is 271 cm³/mol. The normalized spacial score (nSPS) is 28.5. The van der Waals surface area contributed by atoms with Gasteiger partial charge in [0, 0.05) is 13.0 Å². The summed E-state index contributed by atoms with van der Waals surface area (Å²) in [6, 6.07) is 27.6. The Labute approximate surface area is 401 Å². The van der Waals surface area contributed by atoms with Crippen molar-refractivity contribution in [3.05, 3.63) is 84.7 Å². The van der Waals surface area contributed by atoms with Crippen LogP contribution in [0.4, 0.5) is 0 Å². The first-order valence-electron chi connectivity index (χ1n) is 25.4. The van der Waals surface area contributed by atoms with Gasteiger partial charge in [0.15, 0.2) is 16.6 Å². The summed E-state index contributed by atoms with van der Waals surface area (Å²) >= 11 is 0. The van der Waals surface area contributed by atoms with Crippen LogP contribution < -0.4 is 10.4 Å². The molecule has 0 aliphatic carbocycles. The van der Waals surface area contributed by atoms with Crippen LogP contribution in [0.3, 0.4) is 0 Å². The molecule has 4 saturated heterocycles. The molecule has 4 fully saturated rings. The number of hydrogen-bond acceptors (Lipinski definition) is 10. The molecule has 0 unspecified atom stereocenters. The first kappa shape index (κ1) is 52.9. The summed E-state index contributed by atoms with van der Waals surface area (Å²) in [4.78, 5) is 12.4. The number of carbonyl (C=O) groups is 1. The van der Waals surface area contributed by atoms with Crippen molar-refractivity contribution in [1.82, 2.24) is 0 Å². The van der Waals surface area contributed by atoms with E-state index in [0.29, 0.717) is 19.4 Å². The summed E-state index contributed by atoms with van der Waals surface area (Å²) in [5.41, 5.74) is 1.12. The molecule has 4 heterocycles. The fraction of sp³-hybridized carbons (Fsp3) is 0.679. The van der Waals surface area contributed by atoms with Gasteiger partial charge in [0.1, 0.15) is 36.6 Å². The van der Waals surface area contributed by atoms with Gasteiger partial charge in [-0.15, -0.1) is 0 Å². The van der Waals surface area contributed by atoms with Gasteiger partial charge in [-0.1, -0.05) is 130 Å². The van der Waals surface area contributed by atoms with E-state index >= 15 is 0 Å². The van der Waals surface area contributed by atoms with Crippen molar-refractivity contribution in [2.75, 3.05) is 20.8 Å². The number of carbonyl (C=O) groups excluding carboxylic acids is 1. The molecule has 10 atom stereocenters. The highest BCUT2D eigenvalue weighted by Crippen LogP contribution is 2.46. The second-order valence-electron chi connectivity index (χ2n) is 20.2. The van der Waals surface area contributed by atoms with E-state index in [1.165, 1.54) is 17.5 Å². The number of hydrogen-bond donors (Lipinski definition) is 0. The van der Waals surface area contributed by atoms with Crippen LogP contribution in [0.1, 0.15) is 107 Å². The Morgan fingerprint density at radius 1 is 0.697 bits per heavy atom. The second-order valence-corrected chi connectivity index (χ2v) is 34.0. The summed E-state index contributed by atoms with van der Waals surface area (Å²) in [5.74, 6) is 0.580. The first-order valence-corrected chi connectivity index (χ1v) is 32.4. The molecular formula is C53H84O10Si3. The van der Waals surface area contributed by atoms with Gasteiger partial charge in [-0.05, 0) is 95.4 Å². The zero-order chi connectivity index (χ0) is 47.7. The minimum atomic E-state index is -2.66. The smallest absolute Gasteiger partial charge is 0.308 e. The molecule has 0 bridgehead atoms. The van der Waals surface area contributed by atoms with Crippen molar-refractivity contribution in [3.8, 4) is 0 Å². The number of fused-ring (bicyclic) bond motifs is 2. The van der Waals surface area contributed by atoms with Crippen molar-refractivity contribution >= 4 is 41.3 Å². The fourth-order valence-electron chi connectivity index (χ4n) is 11.3. The molecule has 10 nitrogen and oxygen atoms in total. The van der Waals surface area contributed by atoms with E-state index in [4.69, 9.17) is 41.7 Å². The third-order valence-electron chi connectivity index (χ3n) is 15.8. The van der Waals surface area contributed by atoms with Crippen LogP contribution in [0.2, 0.25) is 41.3 Å². The largest absolute Gasteiger partial charge is 0.501 e. The Kier molecular flexibility index (Phi) is 18.8. The van der Waals surface area contributed by atoms with E-state index in [1.807, 2.05) is 0 Å². The number of allylic oxidation sites excluding steroid dienone is 1. The molecule has 4 aliphatic rings. The van der Waals surface area contributed by atoms with Crippen LogP contribution >= 0.6 is 0 Å². The van der Waals surface area contributed by atoms with E-state index in [-0.39, 0.29) is 66.3 Å². The highest BCUT2D eigenvalue weighted by atomic mass is 28.4. The molecule has 0 amide bonds. The summed E-state index contributed by atoms with van der Waals surface area (Å²) in [7, 11) is -3.77. The van der Waals surface area contributed by atoms with Crippen molar-refractivity contribution in [2.24, 2.45) is 0 Å². The Morgan fingerprint density at radius 2 is 1.26 bits per heavy atom. The third kappa shape index (κ3) is 11.6. The Bertz CT molecular complexity index is 1810. The molecule has 0 aromatic heterocycles. The molecule has 6 rings (SSSR count). The van der Waals surface area contributed by atoms with Crippen molar-refractivity contribution in [2.45, 2.75) is 210 Å². The van der Waals surface area contributed by atoms with Gasteiger partial charge < -0.3 is 41.7 Å². The van der Waals surface area contributed by atoms with Crippen LogP contribution in [0, 0.1) is 0 Å². The quantitative estimate of drug-likeness (QED) is 0.0463. The Morgan fingerprint density at radius 3 is 1.79 bits per heavy atom. The standard InChI is InChI=1S/C53H84O10Si3/c1-13-64(14-2,15-3)62-49-46(61-51-50(49)60-45-32-31-41(37-47(54)56-12)59-48(45)52(51)63-65(16-4,17-5)18-6)36-39(55-11)29-30-40-35-38(7)44(58-40)33-34-57-66(53(8,9)10,42-25-21-19-22-26-42)43-27-23-20-24-28-43/h19-28,36,40-41,44-46,48-52H,7,13-18,29-35,37H2,1-6,8-12H3/b39-36+/t40-,41+,44-,45-,46+,48-,49-,50-,51+,52-/m0/s1. The monoisotopic (exact) mass is 965 g/mol. The van der Waals surface area contributed by atoms with E-state index in [2.05, 4.69) is 136 Å². The zero-order valence-electron chi connectivity index (χ0n) is 42.3. The van der Waals surface area contributed by atoms with Gasteiger partial charge >= 0.3 is 5.97 Å². The van der Waals surface area contributed by atoms with Crippen LogP contribution in [0.25, 0.3) is 0 Å². The maximum Gasteiger partial charge on any atom is 0.308 e. The highest BCUT2D eigenvalue weighted by Gasteiger charge is 2.60. The molecule has 66 heavy (non-hydrogen) atoms. The van der Waals surface area contributed by atoms with E-state index < -0.39 is 37.2 Å². The molecule has 2 aromatic rings. The van der Waals surface area contributed by atoms with Gasteiger partial charge in [-0.3, -0.25) is 4.79 Å². The Hall–Kier alpha value is -2.44. The lowest BCUT2D eigenvalue weighted by molar-refractivity contribution is -0.255. The van der Waals surface area contributed by atoms with Gasteiger partial charge in [0.25, 0.3) is 8.32 Å². The minimum absolute atomic E-state index is 0.0166. The van der Waals surface area contributed by atoms with Crippen molar-refractivity contribution in [3.63, 3.8) is 0 Å². The zero-order valence-corrected chi connectivity index (χ0v) is 45.3. The molecule has 0 spiro atoms. The van der Waals surface area contributed by atoms with Gasteiger partial charge in [0.2, 0.25) is 0 Å². The molecule has 0 saturated carbocycles. The maximum absolute atomic E-state index is 12.4. The first-order chi connectivity index (χ1) is 31.7. The van der Waals surface area contributed by atoms with E-state index in [9.17, 15) is 4.79 Å². The predicted octanol–water partition coefficient (Wildman–Crippen LogP) is 10.4. The third-order valence-corrected chi connectivity index (χ3v) is 30.1. The summed E-state index contributed by atoms with van der Waals surface area (Å²) in [6.07, 6.45) is 4.14. The SMILES string of the molecule is C=C1C[C@H](CC/C(=C\[C@H]2O[C@H]3[C@@H](O[Si](CC)(CC)CC)[C@H]4O[C@@H](CC(=O)OC)CC[C@@H]4O[C@H]3[C@H]2O[Si](CC)(CC)CC)OC)O[C@H]1CCO[Si](c1ccccc1)(c1ccccc1)C(C)(C)C. The number of methoxy groups -OCH3 is 2. The number of esters is 1. The molecular weight excluding hydrogens is 881 g/mol.